The van der Waals surface area contributed by atoms with Crippen molar-refractivity contribution in [1.29, 1.82) is 0 Å². The van der Waals surface area contributed by atoms with Gasteiger partial charge < -0.3 is 28.8 Å². The Balaban J connectivity index is 1.27. The molecule has 2 aliphatic rings. The fraction of sp³-hybridized carbons (Fsp3) is 0.391. The van der Waals surface area contributed by atoms with E-state index >= 15 is 0 Å². The van der Waals surface area contributed by atoms with Gasteiger partial charge in [-0.1, -0.05) is 17.3 Å². The van der Waals surface area contributed by atoms with E-state index in [-0.39, 0.29) is 19.3 Å². The lowest BCUT2D eigenvalue weighted by atomic mass is 10.1. The van der Waals surface area contributed by atoms with Crippen LogP contribution in [0.5, 0.6) is 17.2 Å². The van der Waals surface area contributed by atoms with Crippen LogP contribution >= 0.6 is 0 Å². The predicted molar refractivity (Wildman–Crippen MR) is 117 cm³/mol. The van der Waals surface area contributed by atoms with Crippen LogP contribution in [0.3, 0.4) is 0 Å². The molecule has 31 heavy (non-hydrogen) atoms. The molecule has 0 atom stereocenters. The highest BCUT2D eigenvalue weighted by Gasteiger charge is 2.23. The summed E-state index contributed by atoms with van der Waals surface area (Å²) in [6.07, 6.45) is 0. The number of hydrogen-bond acceptors (Lipinski definition) is 7. The molecule has 2 aromatic rings. The van der Waals surface area contributed by atoms with E-state index in [1.807, 2.05) is 55.1 Å². The fourth-order valence-electron chi connectivity index (χ4n) is 3.64. The van der Waals surface area contributed by atoms with Gasteiger partial charge in [-0.2, -0.15) is 0 Å². The Labute approximate surface area is 181 Å². The highest BCUT2D eigenvalue weighted by molar-refractivity contribution is 5.99. The monoisotopic (exact) mass is 425 g/mol. The number of ether oxygens (including phenoxy) is 3. The Morgan fingerprint density at radius 1 is 1.06 bits per heavy atom. The van der Waals surface area contributed by atoms with Gasteiger partial charge in [0.25, 0.3) is 5.91 Å². The predicted octanol–water partition coefficient (Wildman–Crippen LogP) is 2.90. The summed E-state index contributed by atoms with van der Waals surface area (Å²) in [7, 11) is 0. The average molecular weight is 425 g/mol. The van der Waals surface area contributed by atoms with Crippen LogP contribution in [0.1, 0.15) is 19.4 Å². The number of oxime groups is 1. The normalized spacial score (nSPS) is 15.7. The van der Waals surface area contributed by atoms with E-state index in [4.69, 9.17) is 19.0 Å². The summed E-state index contributed by atoms with van der Waals surface area (Å²) in [4.78, 5) is 21.9. The Morgan fingerprint density at radius 2 is 1.84 bits per heavy atom. The van der Waals surface area contributed by atoms with Crippen molar-refractivity contribution in [3.63, 3.8) is 0 Å². The first-order chi connectivity index (χ1) is 15.2. The second-order valence-corrected chi connectivity index (χ2v) is 7.29. The van der Waals surface area contributed by atoms with Gasteiger partial charge in [0, 0.05) is 31.7 Å². The van der Waals surface area contributed by atoms with Gasteiger partial charge in [-0.05, 0) is 44.2 Å². The van der Waals surface area contributed by atoms with Crippen molar-refractivity contribution in [3.8, 4) is 17.2 Å². The van der Waals surface area contributed by atoms with Gasteiger partial charge in [-0.15, -0.1) is 0 Å². The summed E-state index contributed by atoms with van der Waals surface area (Å²) < 4.78 is 16.4. The van der Waals surface area contributed by atoms with Crippen molar-refractivity contribution < 1.29 is 23.8 Å². The Bertz CT molecular complexity index is 954. The van der Waals surface area contributed by atoms with Crippen LogP contribution in [-0.2, 0) is 9.63 Å². The summed E-state index contributed by atoms with van der Waals surface area (Å²) >= 11 is 0. The van der Waals surface area contributed by atoms with Gasteiger partial charge >= 0.3 is 0 Å². The molecule has 8 heteroatoms. The number of hydrogen-bond donors (Lipinski definition) is 0. The first-order valence-electron chi connectivity index (χ1n) is 10.5. The van der Waals surface area contributed by atoms with Crippen LogP contribution in [0.4, 0.5) is 5.69 Å². The third-order valence-electron chi connectivity index (χ3n) is 5.32. The Morgan fingerprint density at radius 3 is 2.65 bits per heavy atom. The Kier molecular flexibility index (Phi) is 6.45. The van der Waals surface area contributed by atoms with E-state index in [0.717, 1.165) is 35.8 Å². The summed E-state index contributed by atoms with van der Waals surface area (Å²) in [5.41, 5.74) is 2.60. The topological polar surface area (TPSA) is 72.8 Å². The second kappa shape index (κ2) is 9.59. The Hall–Kier alpha value is -3.42. The minimum Gasteiger partial charge on any atom is -0.492 e. The number of amides is 1. The molecule has 2 aliphatic heterocycles. The van der Waals surface area contributed by atoms with Gasteiger partial charge in [0.2, 0.25) is 6.79 Å². The number of anilines is 1. The van der Waals surface area contributed by atoms with Gasteiger partial charge in [0.1, 0.15) is 5.75 Å². The molecule has 0 radical (unpaired) electrons. The number of benzene rings is 2. The van der Waals surface area contributed by atoms with Gasteiger partial charge in [-0.25, -0.2) is 0 Å². The molecular weight excluding hydrogens is 398 g/mol. The molecule has 0 spiro atoms. The summed E-state index contributed by atoms with van der Waals surface area (Å²) in [6, 6.07) is 13.6. The zero-order valence-electron chi connectivity index (χ0n) is 17.9. The van der Waals surface area contributed by atoms with E-state index in [1.165, 1.54) is 0 Å². The molecule has 0 N–H and O–H groups in total. The van der Waals surface area contributed by atoms with Gasteiger partial charge in [0.15, 0.2) is 18.1 Å². The van der Waals surface area contributed by atoms with Crippen LogP contribution in [0, 0.1) is 0 Å². The average Bonchev–Trinajstić information content (AvgIpc) is 3.27. The molecule has 2 aromatic carbocycles. The molecule has 8 nitrogen and oxygen atoms in total. The summed E-state index contributed by atoms with van der Waals surface area (Å²) in [5.74, 6) is 2.21. The van der Waals surface area contributed by atoms with Crippen molar-refractivity contribution in [1.82, 2.24) is 4.90 Å². The standard InChI is InChI=1S/C23H27N3O5/c1-3-28-20-7-5-4-6-19(20)25-10-12-26(13-11-25)23(27)15-31-24-17(2)18-8-9-21-22(14-18)30-16-29-21/h4-9,14H,3,10-13,15-16H2,1-2H3/b24-17-. The molecule has 1 fully saturated rings. The van der Waals surface area contributed by atoms with Crippen molar-refractivity contribution in [2.24, 2.45) is 5.16 Å². The van der Waals surface area contributed by atoms with Crippen LogP contribution in [0.2, 0.25) is 0 Å². The van der Waals surface area contributed by atoms with Crippen LogP contribution < -0.4 is 19.1 Å². The van der Waals surface area contributed by atoms with Crippen LogP contribution in [0.15, 0.2) is 47.6 Å². The van der Waals surface area contributed by atoms with Crippen molar-refractivity contribution >= 4 is 17.3 Å². The molecular formula is C23H27N3O5. The van der Waals surface area contributed by atoms with Crippen molar-refractivity contribution in [3.05, 3.63) is 48.0 Å². The number of carbonyl (C=O) groups excluding carboxylic acids is 1. The number of fused-ring (bicyclic) bond motifs is 1. The lowest BCUT2D eigenvalue weighted by Crippen LogP contribution is -2.49. The molecule has 0 bridgehead atoms. The van der Waals surface area contributed by atoms with Crippen LogP contribution in [0.25, 0.3) is 0 Å². The highest BCUT2D eigenvalue weighted by Crippen LogP contribution is 2.32. The molecule has 1 amide bonds. The van der Waals surface area contributed by atoms with Gasteiger partial charge in [0.05, 0.1) is 18.0 Å². The highest BCUT2D eigenvalue weighted by atomic mass is 16.7. The SMILES string of the molecule is CCOc1ccccc1N1CCN(C(=O)CO/N=C(/C)c2ccc3c(c2)OCO3)CC1. The first-order valence-corrected chi connectivity index (χ1v) is 10.5. The minimum atomic E-state index is -0.0859. The molecule has 1 saturated heterocycles. The number of nitrogens with zero attached hydrogens (tertiary/aromatic N) is 3. The maximum absolute atomic E-state index is 12.5. The van der Waals surface area contributed by atoms with E-state index in [1.54, 1.807) is 0 Å². The molecule has 164 valence electrons. The quantitative estimate of drug-likeness (QED) is 0.502. The smallest absolute Gasteiger partial charge is 0.263 e. The molecule has 2 heterocycles. The zero-order chi connectivity index (χ0) is 21.6. The largest absolute Gasteiger partial charge is 0.492 e. The first kappa shape index (κ1) is 20.8. The number of para-hydroxylation sites is 2. The maximum Gasteiger partial charge on any atom is 0.263 e. The molecule has 4 rings (SSSR count). The van der Waals surface area contributed by atoms with Gasteiger partial charge in [-0.3, -0.25) is 4.79 Å². The fourth-order valence-corrected chi connectivity index (χ4v) is 3.64. The number of rotatable bonds is 7. The van der Waals surface area contributed by atoms with E-state index in [0.29, 0.717) is 31.2 Å². The molecule has 0 aliphatic carbocycles. The lowest BCUT2D eigenvalue weighted by Gasteiger charge is -2.36. The molecule has 0 unspecified atom stereocenters. The molecule has 0 aromatic heterocycles. The zero-order valence-corrected chi connectivity index (χ0v) is 17.9. The molecule has 0 saturated carbocycles. The van der Waals surface area contributed by atoms with Crippen molar-refractivity contribution in [2.45, 2.75) is 13.8 Å². The number of carbonyl (C=O) groups is 1. The maximum atomic E-state index is 12.5. The summed E-state index contributed by atoms with van der Waals surface area (Å²) in [5, 5.41) is 4.10. The number of piperazine rings is 1. The minimum absolute atomic E-state index is 0.0695. The van der Waals surface area contributed by atoms with Crippen LogP contribution in [-0.4, -0.2) is 62.7 Å². The second-order valence-electron chi connectivity index (χ2n) is 7.29. The van der Waals surface area contributed by atoms with E-state index < -0.39 is 0 Å². The van der Waals surface area contributed by atoms with E-state index in [2.05, 4.69) is 16.1 Å². The van der Waals surface area contributed by atoms with Crippen molar-refractivity contribution in [2.75, 3.05) is 51.1 Å². The summed E-state index contributed by atoms with van der Waals surface area (Å²) in [6.45, 7) is 7.33. The lowest BCUT2D eigenvalue weighted by molar-refractivity contribution is -0.136. The van der Waals surface area contributed by atoms with E-state index in [9.17, 15) is 4.79 Å². The third kappa shape index (κ3) is 4.84. The third-order valence-corrected chi connectivity index (χ3v) is 5.32.